The van der Waals surface area contributed by atoms with Gasteiger partial charge >= 0.3 is 5.69 Å². The predicted octanol–water partition coefficient (Wildman–Crippen LogP) is -0.155. The number of methoxy groups -OCH3 is 1. The Morgan fingerprint density at radius 2 is 1.95 bits per heavy atom. The average molecular weight is 269 g/mol. The van der Waals surface area contributed by atoms with Crippen molar-refractivity contribution in [1.29, 1.82) is 0 Å². The zero-order valence-electron chi connectivity index (χ0n) is 12.3. The molecular formula is C13H23N3O3. The molecule has 1 aromatic rings. The van der Waals surface area contributed by atoms with Crippen LogP contribution in [0.4, 0.5) is 0 Å². The van der Waals surface area contributed by atoms with E-state index in [-0.39, 0.29) is 17.3 Å². The highest BCUT2D eigenvalue weighted by molar-refractivity contribution is 5.05. The Morgan fingerprint density at radius 1 is 1.32 bits per heavy atom. The van der Waals surface area contributed by atoms with Crippen LogP contribution in [0.25, 0.3) is 0 Å². The van der Waals surface area contributed by atoms with Gasteiger partial charge in [0.15, 0.2) is 0 Å². The quantitative estimate of drug-likeness (QED) is 0.779. The van der Waals surface area contributed by atoms with Gasteiger partial charge in [-0.3, -0.25) is 9.36 Å². The third-order valence-electron chi connectivity index (χ3n) is 3.22. The van der Waals surface area contributed by atoms with Crippen molar-refractivity contribution in [2.45, 2.75) is 26.4 Å². The fourth-order valence-electron chi connectivity index (χ4n) is 1.91. The van der Waals surface area contributed by atoms with Gasteiger partial charge < -0.3 is 14.6 Å². The maximum atomic E-state index is 12.0. The molecule has 6 heteroatoms. The second kappa shape index (κ2) is 6.68. The molecule has 0 bridgehead atoms. The van der Waals surface area contributed by atoms with E-state index < -0.39 is 0 Å². The monoisotopic (exact) mass is 269 g/mol. The number of aromatic nitrogens is 2. The molecule has 19 heavy (non-hydrogen) atoms. The fourth-order valence-corrected chi connectivity index (χ4v) is 1.91. The van der Waals surface area contributed by atoms with Crippen LogP contribution in [0.2, 0.25) is 0 Å². The second-order valence-electron chi connectivity index (χ2n) is 5.10. The van der Waals surface area contributed by atoms with Crippen LogP contribution in [-0.4, -0.2) is 28.9 Å². The highest BCUT2D eigenvalue weighted by Crippen LogP contribution is 2.02. The summed E-state index contributed by atoms with van der Waals surface area (Å²) in [6, 6.07) is 0.173. The third kappa shape index (κ3) is 3.78. The normalized spacial score (nSPS) is 12.9. The molecular weight excluding hydrogens is 246 g/mol. The molecule has 1 N–H and O–H groups in total. The van der Waals surface area contributed by atoms with Crippen molar-refractivity contribution < 1.29 is 4.74 Å². The Labute approximate surface area is 113 Å². The van der Waals surface area contributed by atoms with Gasteiger partial charge in [-0.1, -0.05) is 13.8 Å². The lowest BCUT2D eigenvalue weighted by Gasteiger charge is -2.21. The number of nitrogens with one attached hydrogen (secondary N) is 1. The van der Waals surface area contributed by atoms with E-state index in [9.17, 15) is 9.59 Å². The summed E-state index contributed by atoms with van der Waals surface area (Å²) in [7, 11) is 4.78. The average Bonchev–Trinajstić information content (AvgIpc) is 2.37. The van der Waals surface area contributed by atoms with E-state index in [4.69, 9.17) is 4.74 Å². The van der Waals surface area contributed by atoms with Gasteiger partial charge in [0, 0.05) is 45.6 Å². The molecule has 0 saturated carbocycles. The van der Waals surface area contributed by atoms with Crippen molar-refractivity contribution in [3.05, 3.63) is 32.6 Å². The van der Waals surface area contributed by atoms with E-state index >= 15 is 0 Å². The van der Waals surface area contributed by atoms with Crippen molar-refractivity contribution in [2.75, 3.05) is 13.7 Å². The van der Waals surface area contributed by atoms with Crippen molar-refractivity contribution in [1.82, 2.24) is 14.5 Å². The topological polar surface area (TPSA) is 65.3 Å². The summed E-state index contributed by atoms with van der Waals surface area (Å²) in [5.41, 5.74) is 0.00734. The molecule has 1 aromatic heterocycles. The van der Waals surface area contributed by atoms with Gasteiger partial charge in [0.25, 0.3) is 5.56 Å². The first-order chi connectivity index (χ1) is 8.88. The predicted molar refractivity (Wildman–Crippen MR) is 74.3 cm³/mol. The van der Waals surface area contributed by atoms with E-state index in [1.54, 1.807) is 20.4 Å². The lowest BCUT2D eigenvalue weighted by Crippen LogP contribution is -2.42. The van der Waals surface area contributed by atoms with Gasteiger partial charge in [0.1, 0.15) is 0 Å². The van der Waals surface area contributed by atoms with Crippen molar-refractivity contribution in [3.63, 3.8) is 0 Å². The number of hydrogen-bond donors (Lipinski definition) is 1. The summed E-state index contributed by atoms with van der Waals surface area (Å²) >= 11 is 0. The smallest absolute Gasteiger partial charge is 0.330 e. The molecule has 0 saturated heterocycles. The summed E-state index contributed by atoms with van der Waals surface area (Å²) in [6.07, 6.45) is 1.59. The Kier molecular flexibility index (Phi) is 5.50. The first-order valence-electron chi connectivity index (χ1n) is 6.36. The second-order valence-corrected chi connectivity index (χ2v) is 5.10. The molecule has 0 spiro atoms. The third-order valence-corrected chi connectivity index (χ3v) is 3.22. The van der Waals surface area contributed by atoms with Gasteiger partial charge in [-0.25, -0.2) is 4.79 Å². The zero-order valence-corrected chi connectivity index (χ0v) is 12.3. The molecule has 108 valence electrons. The Balaban J connectivity index is 2.89. The zero-order chi connectivity index (χ0) is 14.6. The highest BCUT2D eigenvalue weighted by atomic mass is 16.5. The van der Waals surface area contributed by atoms with Crippen LogP contribution >= 0.6 is 0 Å². The fraction of sp³-hybridized carbons (Fsp3) is 0.692. The van der Waals surface area contributed by atoms with E-state index in [2.05, 4.69) is 19.2 Å². The summed E-state index contributed by atoms with van der Waals surface area (Å²) < 4.78 is 7.69. The number of ether oxygens (including phenoxy) is 1. The summed E-state index contributed by atoms with van der Waals surface area (Å²) in [5.74, 6) is 0.399. The minimum Gasteiger partial charge on any atom is -0.383 e. The van der Waals surface area contributed by atoms with E-state index in [1.165, 1.54) is 11.6 Å². The molecule has 1 rings (SSSR count). The molecule has 1 atom stereocenters. The maximum Gasteiger partial charge on any atom is 0.330 e. The highest BCUT2D eigenvalue weighted by Gasteiger charge is 2.14. The van der Waals surface area contributed by atoms with Crippen molar-refractivity contribution in [3.8, 4) is 0 Å². The molecule has 1 unspecified atom stereocenters. The molecule has 0 aromatic carbocycles. The lowest BCUT2D eigenvalue weighted by molar-refractivity contribution is 0.146. The summed E-state index contributed by atoms with van der Waals surface area (Å²) in [6.45, 7) is 5.20. The molecule has 0 fully saturated rings. The number of rotatable bonds is 6. The number of aryl methyl sites for hydroxylation is 1. The van der Waals surface area contributed by atoms with Crippen LogP contribution in [0, 0.1) is 5.92 Å². The maximum absolute atomic E-state index is 12.0. The molecule has 0 aliphatic heterocycles. The van der Waals surface area contributed by atoms with Crippen LogP contribution in [-0.2, 0) is 25.4 Å². The van der Waals surface area contributed by atoms with Gasteiger partial charge in [-0.05, 0) is 5.92 Å². The Hall–Kier alpha value is -1.40. The van der Waals surface area contributed by atoms with Gasteiger partial charge in [-0.2, -0.15) is 0 Å². The summed E-state index contributed by atoms with van der Waals surface area (Å²) in [5, 5.41) is 3.30. The first kappa shape index (κ1) is 15.7. The van der Waals surface area contributed by atoms with Crippen LogP contribution in [0.15, 0.2) is 15.8 Å². The molecule has 0 radical (unpaired) electrons. The molecule has 0 aliphatic rings. The van der Waals surface area contributed by atoms with Gasteiger partial charge in [0.2, 0.25) is 0 Å². The Morgan fingerprint density at radius 3 is 2.47 bits per heavy atom. The lowest BCUT2D eigenvalue weighted by atomic mass is 10.1. The van der Waals surface area contributed by atoms with Gasteiger partial charge in [0.05, 0.1) is 6.61 Å². The van der Waals surface area contributed by atoms with Crippen molar-refractivity contribution >= 4 is 0 Å². The van der Waals surface area contributed by atoms with Crippen LogP contribution in [0.3, 0.4) is 0 Å². The molecule has 6 nitrogen and oxygen atoms in total. The van der Waals surface area contributed by atoms with Crippen LogP contribution < -0.4 is 16.6 Å². The molecule has 0 amide bonds. The van der Waals surface area contributed by atoms with Crippen LogP contribution in [0.5, 0.6) is 0 Å². The standard InChI is InChI=1S/C13H23N3O3/c1-9(2)11(8-19-5)14-6-10-7-15(3)13(18)16(4)12(10)17/h7,9,11,14H,6,8H2,1-5H3. The molecule has 1 heterocycles. The largest absolute Gasteiger partial charge is 0.383 e. The van der Waals surface area contributed by atoms with Gasteiger partial charge in [-0.15, -0.1) is 0 Å². The number of nitrogens with zero attached hydrogens (tertiary/aromatic N) is 2. The molecule has 0 aliphatic carbocycles. The van der Waals surface area contributed by atoms with E-state index in [0.29, 0.717) is 24.6 Å². The number of hydrogen-bond acceptors (Lipinski definition) is 4. The SMILES string of the molecule is COCC(NCc1cn(C)c(=O)n(C)c1=O)C(C)C. The minimum absolute atomic E-state index is 0.173. The Bertz CT molecular complexity index is 531. The minimum atomic E-state index is -0.314. The first-order valence-corrected chi connectivity index (χ1v) is 6.36. The van der Waals surface area contributed by atoms with E-state index in [1.807, 2.05) is 0 Å². The summed E-state index contributed by atoms with van der Waals surface area (Å²) in [4.78, 5) is 23.5. The van der Waals surface area contributed by atoms with Crippen LogP contribution in [0.1, 0.15) is 19.4 Å². The van der Waals surface area contributed by atoms with Crippen molar-refractivity contribution in [2.24, 2.45) is 20.0 Å². The van der Waals surface area contributed by atoms with E-state index in [0.717, 1.165) is 4.57 Å².